The van der Waals surface area contributed by atoms with Crippen molar-refractivity contribution in [3.63, 3.8) is 0 Å². The minimum atomic E-state index is -0.741. The first kappa shape index (κ1) is 13.9. The van der Waals surface area contributed by atoms with Crippen molar-refractivity contribution in [2.45, 2.75) is 44.2 Å². The number of hydrogen-bond donors (Lipinski definition) is 1. The maximum atomic E-state index is 13.1. The standard InChI is InChI=1S/C17H20FN3O/c18-15-3-1-13(2-4-15)9-14-5-6-16(7-8-16)17(14,22)10-21-12-19-11-20-21/h1-4,11-12,14,22H,5-10H2. The van der Waals surface area contributed by atoms with E-state index in [1.54, 1.807) is 11.0 Å². The predicted octanol–water partition coefficient (Wildman–Crippen LogP) is 2.58. The van der Waals surface area contributed by atoms with Crippen LogP contribution in [0.1, 0.15) is 31.2 Å². The Morgan fingerprint density at radius 3 is 2.64 bits per heavy atom. The largest absolute Gasteiger partial charge is 0.387 e. The number of nitrogens with zero attached hydrogens (tertiary/aromatic N) is 3. The van der Waals surface area contributed by atoms with Gasteiger partial charge in [0.15, 0.2) is 0 Å². The number of benzene rings is 1. The monoisotopic (exact) mass is 301 g/mol. The third-order valence-electron chi connectivity index (χ3n) is 5.68. The van der Waals surface area contributed by atoms with Crippen LogP contribution in [0.25, 0.3) is 0 Å². The van der Waals surface area contributed by atoms with Crippen LogP contribution in [0.5, 0.6) is 0 Å². The van der Waals surface area contributed by atoms with Gasteiger partial charge in [0.05, 0.1) is 12.1 Å². The van der Waals surface area contributed by atoms with Crippen LogP contribution in [-0.4, -0.2) is 25.5 Å². The first-order valence-electron chi connectivity index (χ1n) is 7.91. The molecule has 2 saturated carbocycles. The predicted molar refractivity (Wildman–Crippen MR) is 79.5 cm³/mol. The summed E-state index contributed by atoms with van der Waals surface area (Å²) in [6.07, 6.45) is 8.24. The molecule has 0 aliphatic heterocycles. The van der Waals surface area contributed by atoms with Gasteiger partial charge < -0.3 is 5.11 Å². The lowest BCUT2D eigenvalue weighted by molar-refractivity contribution is -0.0647. The average Bonchev–Trinajstić information content (AvgIpc) is 3.07. The summed E-state index contributed by atoms with van der Waals surface area (Å²) in [5, 5.41) is 15.6. The Balaban J connectivity index is 1.59. The van der Waals surface area contributed by atoms with Crippen LogP contribution in [0.15, 0.2) is 36.9 Å². The van der Waals surface area contributed by atoms with E-state index in [1.807, 2.05) is 12.1 Å². The van der Waals surface area contributed by atoms with Crippen molar-refractivity contribution >= 4 is 0 Å². The van der Waals surface area contributed by atoms with E-state index < -0.39 is 5.60 Å². The van der Waals surface area contributed by atoms with Gasteiger partial charge in [0.25, 0.3) is 0 Å². The lowest BCUT2D eigenvalue weighted by atomic mass is 9.79. The van der Waals surface area contributed by atoms with Gasteiger partial charge in [0, 0.05) is 5.41 Å². The first-order chi connectivity index (χ1) is 10.6. The van der Waals surface area contributed by atoms with Gasteiger partial charge in [-0.25, -0.2) is 9.37 Å². The fraction of sp³-hybridized carbons (Fsp3) is 0.529. The van der Waals surface area contributed by atoms with Crippen LogP contribution >= 0.6 is 0 Å². The fourth-order valence-electron chi connectivity index (χ4n) is 4.21. The number of aliphatic hydroxyl groups is 1. The Bertz CT molecular complexity index is 651. The van der Waals surface area contributed by atoms with E-state index in [9.17, 15) is 9.50 Å². The average molecular weight is 301 g/mol. The van der Waals surface area contributed by atoms with E-state index in [4.69, 9.17) is 0 Å². The summed E-state index contributed by atoms with van der Waals surface area (Å²) in [7, 11) is 0. The minimum absolute atomic E-state index is 0.0592. The second-order valence-corrected chi connectivity index (χ2v) is 6.86. The molecule has 116 valence electrons. The molecule has 5 heteroatoms. The highest BCUT2D eigenvalue weighted by molar-refractivity contribution is 5.21. The maximum absolute atomic E-state index is 13.1. The molecule has 1 heterocycles. The van der Waals surface area contributed by atoms with Crippen LogP contribution in [-0.2, 0) is 13.0 Å². The fourth-order valence-corrected chi connectivity index (χ4v) is 4.21. The number of hydrogen-bond acceptors (Lipinski definition) is 3. The van der Waals surface area contributed by atoms with Crippen molar-refractivity contribution in [3.05, 3.63) is 48.3 Å². The molecule has 1 N–H and O–H groups in total. The third kappa shape index (κ3) is 2.15. The number of rotatable bonds is 4. The Kier molecular flexibility index (Phi) is 3.08. The molecule has 2 fully saturated rings. The smallest absolute Gasteiger partial charge is 0.137 e. The van der Waals surface area contributed by atoms with Crippen LogP contribution in [0.4, 0.5) is 4.39 Å². The van der Waals surface area contributed by atoms with Crippen molar-refractivity contribution in [2.24, 2.45) is 11.3 Å². The zero-order chi connectivity index (χ0) is 15.2. The zero-order valence-electron chi connectivity index (χ0n) is 12.5. The third-order valence-corrected chi connectivity index (χ3v) is 5.68. The molecule has 2 aliphatic carbocycles. The van der Waals surface area contributed by atoms with E-state index in [0.717, 1.165) is 37.7 Å². The molecule has 4 rings (SSSR count). The topological polar surface area (TPSA) is 50.9 Å². The van der Waals surface area contributed by atoms with Crippen molar-refractivity contribution < 1.29 is 9.50 Å². The second kappa shape index (κ2) is 4.88. The highest BCUT2D eigenvalue weighted by Crippen LogP contribution is 2.66. The molecule has 1 aromatic carbocycles. The summed E-state index contributed by atoms with van der Waals surface area (Å²) in [6.45, 7) is 0.499. The highest BCUT2D eigenvalue weighted by atomic mass is 19.1. The molecule has 22 heavy (non-hydrogen) atoms. The summed E-state index contributed by atoms with van der Waals surface area (Å²) >= 11 is 0. The quantitative estimate of drug-likeness (QED) is 0.944. The molecule has 1 aromatic heterocycles. The lowest BCUT2D eigenvalue weighted by Gasteiger charge is -2.36. The van der Waals surface area contributed by atoms with E-state index in [0.29, 0.717) is 6.54 Å². The van der Waals surface area contributed by atoms with E-state index >= 15 is 0 Å². The van der Waals surface area contributed by atoms with Gasteiger partial charge in [-0.05, 0) is 55.7 Å². The molecule has 2 unspecified atom stereocenters. The first-order valence-corrected chi connectivity index (χ1v) is 7.91. The summed E-state index contributed by atoms with van der Waals surface area (Å²) in [6, 6.07) is 6.63. The van der Waals surface area contributed by atoms with Gasteiger partial charge in [0.1, 0.15) is 18.5 Å². The summed E-state index contributed by atoms with van der Waals surface area (Å²) in [5.41, 5.74) is 0.403. The van der Waals surface area contributed by atoms with Gasteiger partial charge in [-0.2, -0.15) is 5.10 Å². The van der Waals surface area contributed by atoms with Crippen molar-refractivity contribution in [1.29, 1.82) is 0 Å². The number of aromatic nitrogens is 3. The summed E-state index contributed by atoms with van der Waals surface area (Å²) < 4.78 is 14.8. The van der Waals surface area contributed by atoms with Crippen molar-refractivity contribution in [2.75, 3.05) is 0 Å². The normalized spacial score (nSPS) is 29.1. The van der Waals surface area contributed by atoms with Gasteiger partial charge in [-0.15, -0.1) is 0 Å². The van der Waals surface area contributed by atoms with Crippen molar-refractivity contribution in [1.82, 2.24) is 14.8 Å². The molecule has 0 radical (unpaired) electrons. The number of halogens is 1. The maximum Gasteiger partial charge on any atom is 0.137 e. The van der Waals surface area contributed by atoms with Crippen LogP contribution in [0.2, 0.25) is 0 Å². The Morgan fingerprint density at radius 1 is 1.23 bits per heavy atom. The zero-order valence-corrected chi connectivity index (χ0v) is 12.5. The molecular formula is C17H20FN3O. The van der Waals surface area contributed by atoms with Crippen LogP contribution < -0.4 is 0 Å². The molecule has 0 amide bonds. The van der Waals surface area contributed by atoms with Gasteiger partial charge in [0.2, 0.25) is 0 Å². The Labute approximate surface area is 129 Å². The molecule has 2 aromatic rings. The van der Waals surface area contributed by atoms with E-state index in [2.05, 4.69) is 10.1 Å². The van der Waals surface area contributed by atoms with E-state index in [1.165, 1.54) is 18.5 Å². The molecule has 4 nitrogen and oxygen atoms in total. The molecule has 1 spiro atoms. The van der Waals surface area contributed by atoms with Crippen LogP contribution in [0.3, 0.4) is 0 Å². The molecule has 2 atom stereocenters. The highest BCUT2D eigenvalue weighted by Gasteiger charge is 2.65. The lowest BCUT2D eigenvalue weighted by Crippen LogP contribution is -2.46. The molecule has 0 bridgehead atoms. The SMILES string of the molecule is OC1(Cn2cncn2)C(Cc2ccc(F)cc2)CCC12CC2. The summed E-state index contributed by atoms with van der Waals surface area (Å²) in [4.78, 5) is 3.98. The van der Waals surface area contributed by atoms with Gasteiger partial charge in [-0.1, -0.05) is 12.1 Å². The van der Waals surface area contributed by atoms with Gasteiger partial charge in [-0.3, -0.25) is 4.68 Å². The summed E-state index contributed by atoms with van der Waals surface area (Å²) in [5.74, 6) is -0.0311. The van der Waals surface area contributed by atoms with Gasteiger partial charge >= 0.3 is 0 Å². The Morgan fingerprint density at radius 2 is 2.00 bits per heavy atom. The van der Waals surface area contributed by atoms with E-state index in [-0.39, 0.29) is 17.2 Å². The second-order valence-electron chi connectivity index (χ2n) is 6.86. The minimum Gasteiger partial charge on any atom is -0.387 e. The van der Waals surface area contributed by atoms with Crippen molar-refractivity contribution in [3.8, 4) is 0 Å². The molecular weight excluding hydrogens is 281 g/mol. The Hall–Kier alpha value is -1.75. The molecule has 2 aliphatic rings. The van der Waals surface area contributed by atoms with Crippen LogP contribution in [0, 0.1) is 17.2 Å². The molecule has 0 saturated heterocycles.